The Morgan fingerprint density at radius 2 is 1.62 bits per heavy atom. The number of allylic oxidation sites excluding steroid dienone is 3. The highest BCUT2D eigenvalue weighted by atomic mass is 16.5. The van der Waals surface area contributed by atoms with Gasteiger partial charge in [-0.1, -0.05) is 62.1 Å². The number of amides is 1. The van der Waals surface area contributed by atoms with Crippen LogP contribution in [0.1, 0.15) is 68.1 Å². The van der Waals surface area contributed by atoms with Crippen molar-refractivity contribution in [1.82, 2.24) is 5.32 Å². The van der Waals surface area contributed by atoms with E-state index in [9.17, 15) is 9.59 Å². The third-order valence-electron chi connectivity index (χ3n) is 4.04. The second-order valence-electron chi connectivity index (χ2n) is 6.19. The second-order valence-corrected chi connectivity index (χ2v) is 6.19. The van der Waals surface area contributed by atoms with Gasteiger partial charge < -0.3 is 10.1 Å². The summed E-state index contributed by atoms with van der Waals surface area (Å²) in [5.41, 5.74) is 0.665. The minimum Gasteiger partial charge on any atom is -0.469 e. The van der Waals surface area contributed by atoms with Crippen LogP contribution in [0, 0.1) is 0 Å². The standard InChI is InChI=1S/C22H31NO3/c1-26-21(24)18-14-9-7-5-3-2-4-6-8-10-15-19-23-22(25)20-16-12-11-13-17-20/h6,8,11-13,15-17,19H,2-5,7,9-10,14,18H2,1H3,(H,23,25)/b8-6+,19-15+. The third kappa shape index (κ3) is 11.2. The number of benzene rings is 1. The summed E-state index contributed by atoms with van der Waals surface area (Å²) in [6.07, 6.45) is 17.3. The Bertz CT molecular complexity index is 564. The molecular formula is C22H31NO3. The van der Waals surface area contributed by atoms with Crippen LogP contribution >= 0.6 is 0 Å². The van der Waals surface area contributed by atoms with Crippen LogP contribution in [0.3, 0.4) is 0 Å². The van der Waals surface area contributed by atoms with Gasteiger partial charge in [-0.15, -0.1) is 0 Å². The van der Waals surface area contributed by atoms with E-state index in [1.807, 2.05) is 24.3 Å². The molecule has 0 spiro atoms. The monoisotopic (exact) mass is 357 g/mol. The minimum absolute atomic E-state index is 0.0857. The molecule has 26 heavy (non-hydrogen) atoms. The largest absolute Gasteiger partial charge is 0.469 e. The van der Waals surface area contributed by atoms with E-state index in [-0.39, 0.29) is 11.9 Å². The lowest BCUT2D eigenvalue weighted by Crippen LogP contribution is -2.16. The van der Waals surface area contributed by atoms with E-state index in [0.29, 0.717) is 12.0 Å². The lowest BCUT2D eigenvalue weighted by Gasteiger charge is -2.00. The minimum atomic E-state index is -0.108. The predicted molar refractivity (Wildman–Crippen MR) is 106 cm³/mol. The molecule has 1 N–H and O–H groups in total. The zero-order chi connectivity index (χ0) is 18.9. The van der Waals surface area contributed by atoms with Gasteiger partial charge >= 0.3 is 5.97 Å². The van der Waals surface area contributed by atoms with Crippen molar-refractivity contribution >= 4 is 11.9 Å². The van der Waals surface area contributed by atoms with Crippen LogP contribution in [0.2, 0.25) is 0 Å². The molecule has 4 heteroatoms. The molecule has 0 aromatic heterocycles. The van der Waals surface area contributed by atoms with Crippen molar-refractivity contribution in [3.8, 4) is 0 Å². The SMILES string of the molecule is COC(=O)CCCCCCCC/C=C/C/C=C/NC(=O)c1ccccc1. The molecule has 0 fully saturated rings. The Labute approximate surface area is 157 Å². The van der Waals surface area contributed by atoms with Gasteiger partial charge in [-0.05, 0) is 37.8 Å². The Kier molecular flexibility index (Phi) is 12.5. The Hall–Kier alpha value is -2.36. The van der Waals surface area contributed by atoms with Gasteiger partial charge in [0.25, 0.3) is 5.91 Å². The molecule has 0 heterocycles. The molecule has 0 saturated heterocycles. The highest BCUT2D eigenvalue weighted by Gasteiger charge is 2.00. The normalized spacial score (nSPS) is 11.1. The van der Waals surface area contributed by atoms with E-state index in [1.54, 1.807) is 18.3 Å². The number of carbonyl (C=O) groups is 2. The number of ether oxygens (including phenoxy) is 1. The highest BCUT2D eigenvalue weighted by molar-refractivity contribution is 5.94. The molecule has 0 unspecified atom stereocenters. The number of esters is 1. The molecule has 1 aromatic rings. The molecule has 0 aliphatic rings. The number of methoxy groups -OCH3 is 1. The zero-order valence-electron chi connectivity index (χ0n) is 15.8. The molecule has 0 aliphatic heterocycles. The molecule has 1 rings (SSSR count). The van der Waals surface area contributed by atoms with Crippen LogP contribution in [-0.2, 0) is 9.53 Å². The average Bonchev–Trinajstić information content (AvgIpc) is 2.68. The summed E-state index contributed by atoms with van der Waals surface area (Å²) < 4.78 is 4.62. The molecule has 0 atom stereocenters. The summed E-state index contributed by atoms with van der Waals surface area (Å²) in [6.45, 7) is 0. The lowest BCUT2D eigenvalue weighted by atomic mass is 10.1. The highest BCUT2D eigenvalue weighted by Crippen LogP contribution is 2.09. The van der Waals surface area contributed by atoms with Crippen molar-refractivity contribution in [3.05, 3.63) is 60.3 Å². The summed E-state index contributed by atoms with van der Waals surface area (Å²) in [6, 6.07) is 9.18. The van der Waals surface area contributed by atoms with Gasteiger partial charge in [0.1, 0.15) is 0 Å². The molecular weight excluding hydrogens is 326 g/mol. The maximum absolute atomic E-state index is 11.8. The van der Waals surface area contributed by atoms with Crippen LogP contribution in [0.25, 0.3) is 0 Å². The van der Waals surface area contributed by atoms with Crippen molar-refractivity contribution in [3.63, 3.8) is 0 Å². The first kappa shape index (κ1) is 21.7. The van der Waals surface area contributed by atoms with Gasteiger partial charge in [-0.25, -0.2) is 0 Å². The Morgan fingerprint density at radius 3 is 2.35 bits per heavy atom. The molecule has 1 aromatic carbocycles. The van der Waals surface area contributed by atoms with E-state index >= 15 is 0 Å². The quantitative estimate of drug-likeness (QED) is 0.301. The molecule has 0 radical (unpaired) electrons. The smallest absolute Gasteiger partial charge is 0.305 e. The predicted octanol–water partition coefficient (Wildman–Crippen LogP) is 5.17. The van der Waals surface area contributed by atoms with Crippen molar-refractivity contribution in [2.75, 3.05) is 7.11 Å². The van der Waals surface area contributed by atoms with Crippen LogP contribution in [-0.4, -0.2) is 19.0 Å². The van der Waals surface area contributed by atoms with E-state index in [4.69, 9.17) is 0 Å². The fourth-order valence-electron chi connectivity index (χ4n) is 2.51. The van der Waals surface area contributed by atoms with Gasteiger partial charge in [-0.3, -0.25) is 9.59 Å². The van der Waals surface area contributed by atoms with Crippen LogP contribution in [0.15, 0.2) is 54.8 Å². The van der Waals surface area contributed by atoms with E-state index < -0.39 is 0 Å². The summed E-state index contributed by atoms with van der Waals surface area (Å²) in [5, 5.41) is 2.76. The van der Waals surface area contributed by atoms with Crippen molar-refractivity contribution in [2.24, 2.45) is 0 Å². The Morgan fingerprint density at radius 1 is 0.923 bits per heavy atom. The lowest BCUT2D eigenvalue weighted by molar-refractivity contribution is -0.140. The summed E-state index contributed by atoms with van der Waals surface area (Å²) in [4.78, 5) is 22.7. The maximum atomic E-state index is 11.8. The van der Waals surface area contributed by atoms with Gasteiger partial charge in [0.05, 0.1) is 7.11 Å². The van der Waals surface area contributed by atoms with Crippen molar-refractivity contribution in [2.45, 2.75) is 57.8 Å². The molecule has 0 saturated carbocycles. The van der Waals surface area contributed by atoms with Crippen LogP contribution < -0.4 is 5.32 Å². The number of hydrogen-bond acceptors (Lipinski definition) is 3. The Balaban J connectivity index is 1.93. The molecule has 0 bridgehead atoms. The van der Waals surface area contributed by atoms with E-state index in [0.717, 1.165) is 25.7 Å². The molecule has 1 amide bonds. The number of unbranched alkanes of at least 4 members (excludes halogenated alkanes) is 6. The topological polar surface area (TPSA) is 55.4 Å². The first-order chi connectivity index (χ1) is 12.7. The first-order valence-corrected chi connectivity index (χ1v) is 9.46. The number of rotatable bonds is 13. The van der Waals surface area contributed by atoms with Crippen LogP contribution in [0.5, 0.6) is 0 Å². The first-order valence-electron chi connectivity index (χ1n) is 9.46. The fraction of sp³-hybridized carbons (Fsp3) is 0.455. The van der Waals surface area contributed by atoms with Gasteiger partial charge in [-0.2, -0.15) is 0 Å². The second kappa shape index (κ2) is 14.9. The van der Waals surface area contributed by atoms with Gasteiger partial charge in [0.2, 0.25) is 0 Å². The van der Waals surface area contributed by atoms with Crippen molar-refractivity contribution < 1.29 is 14.3 Å². The molecule has 4 nitrogen and oxygen atoms in total. The van der Waals surface area contributed by atoms with E-state index in [1.165, 1.54) is 32.8 Å². The zero-order valence-corrected chi connectivity index (χ0v) is 15.8. The molecule has 0 aliphatic carbocycles. The summed E-state index contributed by atoms with van der Waals surface area (Å²) in [7, 11) is 1.44. The number of nitrogens with one attached hydrogen (secondary N) is 1. The number of carbonyl (C=O) groups excluding carboxylic acids is 2. The summed E-state index contributed by atoms with van der Waals surface area (Å²) in [5.74, 6) is -0.193. The maximum Gasteiger partial charge on any atom is 0.305 e. The summed E-state index contributed by atoms with van der Waals surface area (Å²) >= 11 is 0. The third-order valence-corrected chi connectivity index (χ3v) is 4.04. The average molecular weight is 357 g/mol. The van der Waals surface area contributed by atoms with E-state index in [2.05, 4.69) is 22.2 Å². The molecule has 142 valence electrons. The number of hydrogen-bond donors (Lipinski definition) is 1. The fourth-order valence-corrected chi connectivity index (χ4v) is 2.51. The van der Waals surface area contributed by atoms with Gasteiger partial charge in [0, 0.05) is 18.2 Å². The van der Waals surface area contributed by atoms with Crippen molar-refractivity contribution in [1.29, 1.82) is 0 Å². The van der Waals surface area contributed by atoms with Gasteiger partial charge in [0.15, 0.2) is 0 Å². The van der Waals surface area contributed by atoms with Crippen LogP contribution in [0.4, 0.5) is 0 Å².